The van der Waals surface area contributed by atoms with Crippen molar-refractivity contribution in [2.45, 2.75) is 12.2 Å². The maximum Gasteiger partial charge on any atom is 0.115 e. The van der Waals surface area contributed by atoms with Gasteiger partial charge < -0.3 is 10.2 Å². The zero-order valence-electron chi connectivity index (χ0n) is 6.81. The molecule has 1 aromatic carbocycles. The molecule has 0 spiro atoms. The third kappa shape index (κ3) is 1.43. The van der Waals surface area contributed by atoms with Gasteiger partial charge >= 0.3 is 0 Å². The number of halogens is 1. The highest BCUT2D eigenvalue weighted by molar-refractivity contribution is 9.11. The Morgan fingerprint density at radius 2 is 1.77 bits per heavy atom. The van der Waals surface area contributed by atoms with Crippen LogP contribution >= 0.6 is 15.9 Å². The van der Waals surface area contributed by atoms with Gasteiger partial charge in [-0.3, -0.25) is 0 Å². The second-order valence-corrected chi connectivity index (χ2v) is 3.96. The molecule has 68 valence electrons. The van der Waals surface area contributed by atoms with Crippen molar-refractivity contribution >= 4 is 22.0 Å². The topological polar surface area (TPSA) is 40.5 Å². The molecule has 1 aromatic rings. The van der Waals surface area contributed by atoms with E-state index in [0.29, 0.717) is 4.48 Å². The molecule has 2 nitrogen and oxygen atoms in total. The van der Waals surface area contributed by atoms with Gasteiger partial charge in [-0.2, -0.15) is 0 Å². The van der Waals surface area contributed by atoms with E-state index < -0.39 is 12.2 Å². The van der Waals surface area contributed by atoms with E-state index in [-0.39, 0.29) is 0 Å². The largest absolute Gasteiger partial charge is 0.385 e. The molecular weight excluding hydrogens is 232 g/mol. The summed E-state index contributed by atoms with van der Waals surface area (Å²) in [7, 11) is 0. The Morgan fingerprint density at radius 3 is 2.54 bits per heavy atom. The van der Waals surface area contributed by atoms with Gasteiger partial charge in [0.05, 0.1) is 0 Å². The molecule has 2 N–H and O–H groups in total. The van der Waals surface area contributed by atoms with Crippen molar-refractivity contribution < 1.29 is 10.2 Å². The molecule has 3 heteroatoms. The standard InChI is InChI=1S/C10H9BrO2/c11-8-5-6-3-1-2-4-7(6)9(12)10(8)13/h1-5,9-10,12-13H/t9-,10+/m0/s1. The van der Waals surface area contributed by atoms with Crippen molar-refractivity contribution in [3.05, 3.63) is 39.9 Å². The number of hydrogen-bond acceptors (Lipinski definition) is 2. The predicted octanol–water partition coefficient (Wildman–Crippen LogP) is 1.83. The van der Waals surface area contributed by atoms with Crippen molar-refractivity contribution in [2.24, 2.45) is 0 Å². The van der Waals surface area contributed by atoms with Crippen LogP contribution in [0, 0.1) is 0 Å². The van der Waals surface area contributed by atoms with Gasteiger partial charge in [0, 0.05) is 4.48 Å². The lowest BCUT2D eigenvalue weighted by Gasteiger charge is -2.24. The first kappa shape index (κ1) is 8.94. The fraction of sp³-hybridized carbons (Fsp3) is 0.200. The molecule has 0 bridgehead atoms. The Hall–Kier alpha value is -0.640. The van der Waals surface area contributed by atoms with Crippen molar-refractivity contribution in [2.75, 3.05) is 0 Å². The monoisotopic (exact) mass is 240 g/mol. The van der Waals surface area contributed by atoms with Gasteiger partial charge in [0.15, 0.2) is 0 Å². The van der Waals surface area contributed by atoms with E-state index in [1.54, 1.807) is 0 Å². The van der Waals surface area contributed by atoms with Crippen LogP contribution in [0.15, 0.2) is 28.7 Å². The third-order valence-electron chi connectivity index (χ3n) is 2.19. The van der Waals surface area contributed by atoms with Crippen LogP contribution < -0.4 is 0 Å². The molecule has 0 aromatic heterocycles. The smallest absolute Gasteiger partial charge is 0.115 e. The van der Waals surface area contributed by atoms with Gasteiger partial charge in [-0.05, 0) is 17.2 Å². The lowest BCUT2D eigenvalue weighted by molar-refractivity contribution is 0.0452. The molecule has 2 atom stereocenters. The molecule has 13 heavy (non-hydrogen) atoms. The second-order valence-electron chi connectivity index (χ2n) is 3.05. The van der Waals surface area contributed by atoms with Crippen molar-refractivity contribution in [3.63, 3.8) is 0 Å². The fourth-order valence-electron chi connectivity index (χ4n) is 1.47. The lowest BCUT2D eigenvalue weighted by atomic mass is 9.93. The zero-order valence-corrected chi connectivity index (χ0v) is 8.40. The number of hydrogen-bond donors (Lipinski definition) is 2. The van der Waals surface area contributed by atoms with Gasteiger partial charge in [-0.25, -0.2) is 0 Å². The van der Waals surface area contributed by atoms with Crippen LogP contribution in [0.25, 0.3) is 6.08 Å². The minimum Gasteiger partial charge on any atom is -0.385 e. The average Bonchev–Trinajstić information content (AvgIpc) is 2.15. The normalized spacial score (nSPS) is 26.5. The quantitative estimate of drug-likeness (QED) is 0.727. The lowest BCUT2D eigenvalue weighted by Crippen LogP contribution is -2.22. The van der Waals surface area contributed by atoms with Crippen molar-refractivity contribution in [1.82, 2.24) is 0 Å². The van der Waals surface area contributed by atoms with E-state index in [1.807, 2.05) is 30.3 Å². The summed E-state index contributed by atoms with van der Waals surface area (Å²) in [6.45, 7) is 0. The van der Waals surface area contributed by atoms with E-state index >= 15 is 0 Å². The second kappa shape index (κ2) is 3.25. The Bertz CT molecular complexity index is 360. The molecule has 0 radical (unpaired) electrons. The summed E-state index contributed by atoms with van der Waals surface area (Å²) in [5.41, 5.74) is 1.73. The van der Waals surface area contributed by atoms with Crippen molar-refractivity contribution in [3.8, 4) is 0 Å². The molecule has 0 aliphatic heterocycles. The summed E-state index contributed by atoms with van der Waals surface area (Å²) in [5, 5.41) is 19.2. The molecule has 1 aliphatic rings. The Kier molecular flexibility index (Phi) is 2.24. The van der Waals surface area contributed by atoms with E-state index in [4.69, 9.17) is 0 Å². The van der Waals surface area contributed by atoms with Crippen LogP contribution in [-0.4, -0.2) is 16.3 Å². The van der Waals surface area contributed by atoms with Crippen LogP contribution in [0.3, 0.4) is 0 Å². The molecule has 0 amide bonds. The van der Waals surface area contributed by atoms with Crippen LogP contribution in [0.2, 0.25) is 0 Å². The molecule has 2 rings (SSSR count). The molecule has 1 aliphatic carbocycles. The first-order valence-corrected chi connectivity index (χ1v) is 4.81. The first-order valence-electron chi connectivity index (χ1n) is 4.02. The summed E-state index contributed by atoms with van der Waals surface area (Å²) in [6, 6.07) is 7.48. The van der Waals surface area contributed by atoms with Gasteiger partial charge in [-0.1, -0.05) is 40.2 Å². The third-order valence-corrected chi connectivity index (χ3v) is 2.89. The predicted molar refractivity (Wildman–Crippen MR) is 54.3 cm³/mol. The summed E-state index contributed by atoms with van der Waals surface area (Å²) in [5.74, 6) is 0. The Labute approximate surface area is 84.7 Å². The Morgan fingerprint density at radius 1 is 1.08 bits per heavy atom. The SMILES string of the molecule is O[C@@H]1C(Br)=Cc2ccccc2[C@@H]1O. The number of benzene rings is 1. The van der Waals surface area contributed by atoms with Gasteiger partial charge in [0.1, 0.15) is 12.2 Å². The first-order chi connectivity index (χ1) is 6.20. The van der Waals surface area contributed by atoms with E-state index in [0.717, 1.165) is 11.1 Å². The zero-order chi connectivity index (χ0) is 9.42. The molecule has 0 fully saturated rings. The van der Waals surface area contributed by atoms with Crippen LogP contribution in [-0.2, 0) is 0 Å². The van der Waals surface area contributed by atoms with Gasteiger partial charge in [0.25, 0.3) is 0 Å². The van der Waals surface area contributed by atoms with Gasteiger partial charge in [-0.15, -0.1) is 0 Å². The minimum absolute atomic E-state index is 0.624. The fourth-order valence-corrected chi connectivity index (χ4v) is 1.96. The number of fused-ring (bicyclic) bond motifs is 1. The molecular formula is C10H9BrO2. The van der Waals surface area contributed by atoms with Crippen LogP contribution in [0.4, 0.5) is 0 Å². The number of aliphatic hydroxyl groups excluding tert-OH is 2. The number of rotatable bonds is 0. The molecule has 0 saturated heterocycles. The van der Waals surface area contributed by atoms with Crippen molar-refractivity contribution in [1.29, 1.82) is 0 Å². The summed E-state index contributed by atoms with van der Waals surface area (Å²) >= 11 is 3.22. The van der Waals surface area contributed by atoms with Crippen LogP contribution in [0.5, 0.6) is 0 Å². The van der Waals surface area contributed by atoms with E-state index in [1.165, 1.54) is 0 Å². The molecule has 0 unspecified atom stereocenters. The van der Waals surface area contributed by atoms with E-state index in [2.05, 4.69) is 15.9 Å². The molecule has 0 saturated carbocycles. The van der Waals surface area contributed by atoms with Crippen LogP contribution in [0.1, 0.15) is 17.2 Å². The molecule has 0 heterocycles. The highest BCUT2D eigenvalue weighted by Crippen LogP contribution is 2.34. The summed E-state index contributed by atoms with van der Waals surface area (Å²) < 4.78 is 0.624. The average molecular weight is 241 g/mol. The highest BCUT2D eigenvalue weighted by atomic mass is 79.9. The maximum atomic E-state index is 9.68. The maximum absolute atomic E-state index is 9.68. The number of aliphatic hydroxyl groups is 2. The minimum atomic E-state index is -0.838. The summed E-state index contributed by atoms with van der Waals surface area (Å²) in [6.07, 6.45) is 0.165. The Balaban J connectivity index is 2.56. The van der Waals surface area contributed by atoms with Gasteiger partial charge in [0.2, 0.25) is 0 Å². The van der Waals surface area contributed by atoms with E-state index in [9.17, 15) is 10.2 Å². The highest BCUT2D eigenvalue weighted by Gasteiger charge is 2.26. The summed E-state index contributed by atoms with van der Waals surface area (Å²) in [4.78, 5) is 0.